The van der Waals surface area contributed by atoms with E-state index in [1.807, 2.05) is 18.7 Å². The molecule has 7 heteroatoms. The lowest BCUT2D eigenvalue weighted by Gasteiger charge is -2.24. The van der Waals surface area contributed by atoms with Gasteiger partial charge in [-0.1, -0.05) is 0 Å². The van der Waals surface area contributed by atoms with Crippen LogP contribution in [0.1, 0.15) is 39.6 Å². The zero-order valence-corrected chi connectivity index (χ0v) is 13.1. The molecule has 2 amide bonds. The Morgan fingerprint density at radius 3 is 2.81 bits per heavy atom. The zero-order chi connectivity index (χ0) is 15.0. The van der Waals surface area contributed by atoms with Crippen molar-refractivity contribution in [1.29, 1.82) is 0 Å². The van der Waals surface area contributed by atoms with Crippen LogP contribution in [-0.2, 0) is 4.74 Å². The van der Waals surface area contributed by atoms with Crippen molar-refractivity contribution in [2.24, 2.45) is 0 Å². The Balaban J connectivity index is 1.72. The van der Waals surface area contributed by atoms with E-state index < -0.39 is 5.60 Å². The Morgan fingerprint density at radius 2 is 2.19 bits per heavy atom. The second-order valence-corrected chi connectivity index (χ2v) is 6.92. The summed E-state index contributed by atoms with van der Waals surface area (Å²) in [6.07, 6.45) is 1.99. The molecule has 1 N–H and O–H groups in total. The summed E-state index contributed by atoms with van der Waals surface area (Å²) < 4.78 is 5.43. The summed E-state index contributed by atoms with van der Waals surface area (Å²) in [7, 11) is 0. The lowest BCUT2D eigenvalue weighted by molar-refractivity contribution is 0.0439. The van der Waals surface area contributed by atoms with Crippen LogP contribution in [0.15, 0.2) is 0 Å². The first kappa shape index (κ1) is 14.3. The smallest absolute Gasteiger partial charge is 0.407 e. The molecular weight excluding hydrogens is 290 g/mol. The third-order valence-electron chi connectivity index (χ3n) is 4.15. The van der Waals surface area contributed by atoms with Crippen molar-refractivity contribution in [2.75, 3.05) is 19.6 Å². The fourth-order valence-corrected chi connectivity index (χ4v) is 3.91. The summed E-state index contributed by atoms with van der Waals surface area (Å²) >= 11 is 1.45. The average Bonchev–Trinajstić information content (AvgIpc) is 2.87. The van der Waals surface area contributed by atoms with Crippen molar-refractivity contribution in [3.8, 4) is 0 Å². The van der Waals surface area contributed by atoms with Crippen molar-refractivity contribution in [3.05, 3.63) is 15.6 Å². The highest BCUT2D eigenvalue weighted by atomic mass is 32.1. The van der Waals surface area contributed by atoms with Crippen LogP contribution in [0.5, 0.6) is 0 Å². The maximum absolute atomic E-state index is 12.6. The number of carbonyl (C=O) groups is 2. The number of aryl methyl sites for hydroxylation is 2. The van der Waals surface area contributed by atoms with Crippen LogP contribution in [-0.4, -0.2) is 47.1 Å². The molecule has 0 bridgehead atoms. The van der Waals surface area contributed by atoms with E-state index in [1.165, 1.54) is 11.3 Å². The number of hydrogen-bond donors (Lipinski definition) is 1. The number of hydrogen-bond acceptors (Lipinski definition) is 5. The average molecular weight is 309 g/mol. The van der Waals surface area contributed by atoms with Gasteiger partial charge in [-0.2, -0.15) is 0 Å². The Labute approximate surface area is 127 Å². The van der Waals surface area contributed by atoms with E-state index in [9.17, 15) is 9.59 Å². The summed E-state index contributed by atoms with van der Waals surface area (Å²) in [6.45, 7) is 5.65. The number of amides is 2. The van der Waals surface area contributed by atoms with Crippen LogP contribution >= 0.6 is 11.3 Å². The van der Waals surface area contributed by atoms with Gasteiger partial charge in [0.2, 0.25) is 0 Å². The van der Waals surface area contributed by atoms with Crippen molar-refractivity contribution in [3.63, 3.8) is 0 Å². The van der Waals surface area contributed by atoms with Gasteiger partial charge in [0.25, 0.3) is 5.91 Å². The van der Waals surface area contributed by atoms with Gasteiger partial charge in [-0.15, -0.1) is 11.3 Å². The third-order valence-corrected chi connectivity index (χ3v) is 5.21. The maximum atomic E-state index is 12.6. The SMILES string of the molecule is Cc1nc(C)c(C(=O)N2CCC[C@@]3(CC2)CNC(=O)O3)s1. The van der Waals surface area contributed by atoms with Crippen molar-refractivity contribution < 1.29 is 14.3 Å². The number of alkyl carbamates (subject to hydrolysis) is 1. The Kier molecular flexibility index (Phi) is 3.61. The van der Waals surface area contributed by atoms with Gasteiger partial charge in [-0.05, 0) is 26.7 Å². The van der Waals surface area contributed by atoms with E-state index in [1.54, 1.807) is 0 Å². The molecule has 0 aliphatic carbocycles. The zero-order valence-electron chi connectivity index (χ0n) is 12.3. The van der Waals surface area contributed by atoms with Crippen LogP contribution in [0.2, 0.25) is 0 Å². The summed E-state index contributed by atoms with van der Waals surface area (Å²) in [5, 5.41) is 3.64. The van der Waals surface area contributed by atoms with E-state index in [2.05, 4.69) is 10.3 Å². The fourth-order valence-electron chi connectivity index (χ4n) is 3.02. The van der Waals surface area contributed by atoms with Gasteiger partial charge in [0.15, 0.2) is 0 Å². The maximum Gasteiger partial charge on any atom is 0.407 e. The number of ether oxygens (including phenoxy) is 1. The highest BCUT2D eigenvalue weighted by Gasteiger charge is 2.42. The lowest BCUT2D eigenvalue weighted by Crippen LogP contribution is -2.36. The lowest BCUT2D eigenvalue weighted by atomic mass is 9.95. The van der Waals surface area contributed by atoms with Crippen LogP contribution < -0.4 is 5.32 Å². The summed E-state index contributed by atoms with van der Waals surface area (Å²) in [5.41, 5.74) is 0.375. The Bertz CT molecular complexity index is 586. The molecule has 6 nitrogen and oxygen atoms in total. The number of thiazole rings is 1. The minimum atomic E-state index is -0.426. The number of likely N-dealkylation sites (tertiary alicyclic amines) is 1. The molecule has 0 saturated carbocycles. The number of carbonyl (C=O) groups excluding carboxylic acids is 2. The van der Waals surface area contributed by atoms with E-state index in [0.717, 1.165) is 28.4 Å². The summed E-state index contributed by atoms with van der Waals surface area (Å²) in [5.74, 6) is 0.0485. The quantitative estimate of drug-likeness (QED) is 0.859. The second kappa shape index (κ2) is 5.29. The molecule has 2 aliphatic rings. The fraction of sp³-hybridized carbons (Fsp3) is 0.643. The molecule has 2 fully saturated rings. The molecule has 114 valence electrons. The van der Waals surface area contributed by atoms with Crippen molar-refractivity contribution in [2.45, 2.75) is 38.7 Å². The topological polar surface area (TPSA) is 71.5 Å². The van der Waals surface area contributed by atoms with Gasteiger partial charge in [0, 0.05) is 19.5 Å². The monoisotopic (exact) mass is 309 g/mol. The first-order valence-corrected chi connectivity index (χ1v) is 8.01. The Morgan fingerprint density at radius 1 is 1.38 bits per heavy atom. The van der Waals surface area contributed by atoms with Gasteiger partial charge in [0.05, 0.1) is 17.2 Å². The standard InChI is InChI=1S/C14H19N3O3S/c1-9-11(21-10(2)16-9)12(18)17-6-3-4-14(5-7-17)8-15-13(19)20-14/h3-8H2,1-2H3,(H,15,19)/t14-/m1/s1. The van der Waals surface area contributed by atoms with Gasteiger partial charge >= 0.3 is 6.09 Å². The van der Waals surface area contributed by atoms with Crippen LogP contribution in [0.25, 0.3) is 0 Å². The molecule has 3 heterocycles. The number of nitrogens with one attached hydrogen (secondary N) is 1. The molecule has 3 rings (SSSR count). The van der Waals surface area contributed by atoms with Gasteiger partial charge in [-0.25, -0.2) is 9.78 Å². The number of aromatic nitrogens is 1. The molecule has 21 heavy (non-hydrogen) atoms. The summed E-state index contributed by atoms with van der Waals surface area (Å²) in [4.78, 5) is 30.8. The van der Waals surface area contributed by atoms with E-state index in [-0.39, 0.29) is 12.0 Å². The minimum Gasteiger partial charge on any atom is -0.441 e. The van der Waals surface area contributed by atoms with E-state index >= 15 is 0 Å². The number of rotatable bonds is 1. The molecule has 2 aliphatic heterocycles. The predicted octanol–water partition coefficient (Wildman–Crippen LogP) is 1.86. The number of nitrogens with zero attached hydrogens (tertiary/aromatic N) is 2. The van der Waals surface area contributed by atoms with E-state index in [4.69, 9.17) is 4.74 Å². The van der Waals surface area contributed by atoms with Gasteiger partial charge in [-0.3, -0.25) is 4.79 Å². The molecule has 1 aromatic heterocycles. The molecule has 2 saturated heterocycles. The molecule has 0 aromatic carbocycles. The third kappa shape index (κ3) is 2.74. The molecule has 1 aromatic rings. The largest absolute Gasteiger partial charge is 0.441 e. The Hall–Kier alpha value is -1.63. The molecule has 0 radical (unpaired) electrons. The molecule has 0 unspecified atom stereocenters. The molecule has 1 spiro atoms. The van der Waals surface area contributed by atoms with Crippen molar-refractivity contribution >= 4 is 23.3 Å². The normalized spacial score (nSPS) is 25.6. The minimum absolute atomic E-state index is 0.0485. The second-order valence-electron chi connectivity index (χ2n) is 5.72. The van der Waals surface area contributed by atoms with Gasteiger partial charge in [0.1, 0.15) is 10.5 Å². The summed E-state index contributed by atoms with van der Waals surface area (Å²) in [6, 6.07) is 0. The van der Waals surface area contributed by atoms with Crippen LogP contribution in [0.4, 0.5) is 4.79 Å². The van der Waals surface area contributed by atoms with Gasteiger partial charge < -0.3 is 15.0 Å². The highest BCUT2D eigenvalue weighted by molar-refractivity contribution is 7.13. The van der Waals surface area contributed by atoms with Crippen LogP contribution in [0, 0.1) is 13.8 Å². The molecular formula is C14H19N3O3S. The van der Waals surface area contributed by atoms with E-state index in [0.29, 0.717) is 26.1 Å². The highest BCUT2D eigenvalue weighted by Crippen LogP contribution is 2.30. The van der Waals surface area contributed by atoms with Crippen LogP contribution in [0.3, 0.4) is 0 Å². The van der Waals surface area contributed by atoms with Crippen molar-refractivity contribution in [1.82, 2.24) is 15.2 Å². The first-order valence-electron chi connectivity index (χ1n) is 7.19. The first-order chi connectivity index (χ1) is 9.99. The predicted molar refractivity (Wildman–Crippen MR) is 78.6 cm³/mol. The molecule has 1 atom stereocenters.